The van der Waals surface area contributed by atoms with E-state index in [1.165, 1.54) is 0 Å². The number of hydrogen-bond acceptors (Lipinski definition) is 10. The van der Waals surface area contributed by atoms with E-state index in [2.05, 4.69) is 20.2 Å². The normalized spacial score (nSPS) is 16.4. The summed E-state index contributed by atoms with van der Waals surface area (Å²) in [6, 6.07) is 7.77. The number of aromatic nitrogens is 3. The highest BCUT2D eigenvalue weighted by atomic mass is 16.6. The Labute approximate surface area is 257 Å². The summed E-state index contributed by atoms with van der Waals surface area (Å²) in [4.78, 5) is 45.2. The molecule has 232 valence electrons. The van der Waals surface area contributed by atoms with E-state index in [4.69, 9.17) is 19.2 Å². The second kappa shape index (κ2) is 11.9. The number of amides is 2. The molecule has 3 aliphatic rings. The molecule has 44 heavy (non-hydrogen) atoms. The molecule has 0 spiro atoms. The third kappa shape index (κ3) is 6.26. The number of nitrogens with one attached hydrogen (secondary N) is 1. The SMILES string of the molecule is COC1CN(C(=O)Cc2ccc(Nc3ncc4c(n3)CN(c3cnc5c(c3C)N(C(=O)OC(C)(C)C)CCO5)CC4)cc2)C1. The molecule has 12 nitrogen and oxygen atoms in total. The lowest BCUT2D eigenvalue weighted by Gasteiger charge is -2.38. The lowest BCUT2D eigenvalue weighted by molar-refractivity contribution is -0.142. The average molecular weight is 602 g/mol. The standard InChI is InChI=1S/C32H39N7O5/c1-20-26(16-33-29-28(20)39(12-13-43-29)31(41)44-32(2,3)4)37-11-10-22-15-34-30(36-25(22)19-37)35-23-8-6-21(7-9-23)14-27(40)38-17-24(18-38)42-5/h6-9,15-16,24H,10-14,17-19H2,1-5H3,(H,34,35,36). The van der Waals surface area contributed by atoms with Crippen molar-refractivity contribution in [1.82, 2.24) is 19.9 Å². The first-order chi connectivity index (χ1) is 21.1. The van der Waals surface area contributed by atoms with Crippen molar-refractivity contribution in [2.45, 2.75) is 58.8 Å². The molecule has 0 saturated carbocycles. The molecule has 3 aromatic rings. The first-order valence-corrected chi connectivity index (χ1v) is 15.0. The summed E-state index contributed by atoms with van der Waals surface area (Å²) in [6.45, 7) is 11.0. The maximum Gasteiger partial charge on any atom is 0.415 e. The molecular weight excluding hydrogens is 562 g/mol. The zero-order chi connectivity index (χ0) is 31.0. The maximum atomic E-state index is 13.1. The van der Waals surface area contributed by atoms with Crippen LogP contribution in [-0.4, -0.2) is 83.5 Å². The minimum absolute atomic E-state index is 0.107. The van der Waals surface area contributed by atoms with Crippen LogP contribution in [0.1, 0.15) is 43.2 Å². The molecule has 12 heteroatoms. The molecule has 3 aliphatic heterocycles. The topological polar surface area (TPSA) is 122 Å². The van der Waals surface area contributed by atoms with Crippen molar-refractivity contribution < 1.29 is 23.8 Å². The summed E-state index contributed by atoms with van der Waals surface area (Å²) in [6.07, 6.45) is 4.57. The zero-order valence-corrected chi connectivity index (χ0v) is 25.9. The van der Waals surface area contributed by atoms with Crippen molar-refractivity contribution in [2.24, 2.45) is 0 Å². The third-order valence-corrected chi connectivity index (χ3v) is 8.07. The van der Waals surface area contributed by atoms with Crippen molar-refractivity contribution in [3.63, 3.8) is 0 Å². The first-order valence-electron chi connectivity index (χ1n) is 15.0. The number of methoxy groups -OCH3 is 1. The van der Waals surface area contributed by atoms with Gasteiger partial charge in [-0.15, -0.1) is 0 Å². The molecule has 0 atom stereocenters. The molecule has 1 N–H and O–H groups in total. The average Bonchev–Trinajstić information content (AvgIpc) is 2.96. The monoisotopic (exact) mass is 601 g/mol. The highest BCUT2D eigenvalue weighted by Gasteiger charge is 2.33. The number of rotatable bonds is 6. The van der Waals surface area contributed by atoms with E-state index in [1.807, 2.05) is 69.3 Å². The molecule has 5 heterocycles. The molecule has 0 bridgehead atoms. The lowest BCUT2D eigenvalue weighted by Crippen LogP contribution is -2.54. The fourth-order valence-corrected chi connectivity index (χ4v) is 5.63. The van der Waals surface area contributed by atoms with Crippen LogP contribution in [0.15, 0.2) is 36.7 Å². The Morgan fingerprint density at radius 1 is 1.09 bits per heavy atom. The maximum absolute atomic E-state index is 13.1. The third-order valence-electron chi connectivity index (χ3n) is 8.07. The summed E-state index contributed by atoms with van der Waals surface area (Å²) in [5, 5.41) is 3.30. The van der Waals surface area contributed by atoms with Crippen LogP contribution in [0.4, 0.5) is 27.8 Å². The van der Waals surface area contributed by atoms with E-state index in [-0.39, 0.29) is 12.0 Å². The van der Waals surface area contributed by atoms with Crippen molar-refractivity contribution >= 4 is 35.0 Å². The van der Waals surface area contributed by atoms with E-state index in [1.54, 1.807) is 12.0 Å². The Morgan fingerprint density at radius 2 is 1.86 bits per heavy atom. The molecule has 1 fully saturated rings. The predicted octanol–water partition coefficient (Wildman–Crippen LogP) is 4.02. The molecule has 1 aromatic carbocycles. The molecule has 0 radical (unpaired) electrons. The van der Waals surface area contributed by atoms with Crippen LogP contribution < -0.4 is 19.9 Å². The number of hydrogen-bond donors (Lipinski definition) is 1. The number of anilines is 4. The van der Waals surface area contributed by atoms with E-state index in [0.29, 0.717) is 56.7 Å². The van der Waals surface area contributed by atoms with Gasteiger partial charge in [0.1, 0.15) is 17.9 Å². The van der Waals surface area contributed by atoms with Gasteiger partial charge in [0.05, 0.1) is 43.2 Å². The minimum Gasteiger partial charge on any atom is -0.474 e. The Balaban J connectivity index is 1.14. The van der Waals surface area contributed by atoms with Gasteiger partial charge in [-0.1, -0.05) is 12.1 Å². The van der Waals surface area contributed by atoms with E-state index < -0.39 is 11.7 Å². The number of fused-ring (bicyclic) bond motifs is 2. The van der Waals surface area contributed by atoms with Gasteiger partial charge in [-0.3, -0.25) is 9.69 Å². The number of benzene rings is 1. The Morgan fingerprint density at radius 3 is 2.59 bits per heavy atom. The second-order valence-corrected chi connectivity index (χ2v) is 12.4. The van der Waals surface area contributed by atoms with Gasteiger partial charge in [0.25, 0.3) is 0 Å². The van der Waals surface area contributed by atoms with Gasteiger partial charge < -0.3 is 29.3 Å². The Hall–Kier alpha value is -4.45. The van der Waals surface area contributed by atoms with Crippen LogP contribution in [-0.2, 0) is 33.7 Å². The number of nitrogens with zero attached hydrogens (tertiary/aromatic N) is 6. The summed E-state index contributed by atoms with van der Waals surface area (Å²) < 4.78 is 16.7. The van der Waals surface area contributed by atoms with Gasteiger partial charge in [0.2, 0.25) is 17.7 Å². The molecule has 2 aromatic heterocycles. The summed E-state index contributed by atoms with van der Waals surface area (Å²) >= 11 is 0. The molecule has 0 unspecified atom stereocenters. The quantitative estimate of drug-likeness (QED) is 0.443. The van der Waals surface area contributed by atoms with Crippen LogP contribution in [0.3, 0.4) is 0 Å². The van der Waals surface area contributed by atoms with Crippen molar-refractivity contribution in [1.29, 1.82) is 0 Å². The number of likely N-dealkylation sites (tertiary alicyclic amines) is 1. The van der Waals surface area contributed by atoms with E-state index in [9.17, 15) is 9.59 Å². The molecular formula is C32H39N7O5. The van der Waals surface area contributed by atoms with E-state index in [0.717, 1.165) is 46.7 Å². The summed E-state index contributed by atoms with van der Waals surface area (Å²) in [5.41, 5.74) is 5.68. The van der Waals surface area contributed by atoms with Gasteiger partial charge in [-0.25, -0.2) is 19.7 Å². The molecule has 0 aliphatic carbocycles. The summed E-state index contributed by atoms with van der Waals surface area (Å²) in [7, 11) is 1.67. The van der Waals surface area contributed by atoms with Crippen LogP contribution in [0.2, 0.25) is 0 Å². The fourth-order valence-electron chi connectivity index (χ4n) is 5.63. The Kier molecular flexibility index (Phi) is 8.02. The molecule has 2 amide bonds. The number of ether oxygens (including phenoxy) is 3. The van der Waals surface area contributed by atoms with Crippen LogP contribution >= 0.6 is 0 Å². The van der Waals surface area contributed by atoms with Gasteiger partial charge in [0, 0.05) is 44.2 Å². The van der Waals surface area contributed by atoms with Crippen molar-refractivity contribution in [3.8, 4) is 5.88 Å². The van der Waals surface area contributed by atoms with Crippen LogP contribution in [0.5, 0.6) is 5.88 Å². The van der Waals surface area contributed by atoms with Crippen LogP contribution in [0.25, 0.3) is 0 Å². The molecule has 6 rings (SSSR count). The summed E-state index contributed by atoms with van der Waals surface area (Å²) in [5.74, 6) is 1.05. The van der Waals surface area contributed by atoms with Crippen molar-refractivity contribution in [3.05, 3.63) is 59.0 Å². The zero-order valence-electron chi connectivity index (χ0n) is 25.9. The largest absolute Gasteiger partial charge is 0.474 e. The van der Waals surface area contributed by atoms with Gasteiger partial charge in [-0.05, 0) is 57.4 Å². The van der Waals surface area contributed by atoms with Gasteiger partial charge >= 0.3 is 6.09 Å². The second-order valence-electron chi connectivity index (χ2n) is 12.4. The van der Waals surface area contributed by atoms with Crippen molar-refractivity contribution in [2.75, 3.05) is 55.0 Å². The molecule has 1 saturated heterocycles. The fraction of sp³-hybridized carbons (Fsp3) is 0.469. The number of carbonyl (C=O) groups excluding carboxylic acids is 2. The van der Waals surface area contributed by atoms with Gasteiger partial charge in [-0.2, -0.15) is 0 Å². The van der Waals surface area contributed by atoms with Gasteiger partial charge in [0.15, 0.2) is 0 Å². The van der Waals surface area contributed by atoms with E-state index >= 15 is 0 Å². The Bertz CT molecular complexity index is 1550. The minimum atomic E-state index is -0.611. The predicted molar refractivity (Wildman–Crippen MR) is 166 cm³/mol. The highest BCUT2D eigenvalue weighted by Crippen LogP contribution is 2.39. The first kappa shape index (κ1) is 29.6. The van der Waals surface area contributed by atoms with Crippen LogP contribution in [0, 0.1) is 6.92 Å². The number of pyridine rings is 1. The lowest BCUT2D eigenvalue weighted by atomic mass is 10.0. The highest BCUT2D eigenvalue weighted by molar-refractivity contribution is 5.92. The smallest absolute Gasteiger partial charge is 0.415 e. The number of carbonyl (C=O) groups is 2.